The molecule has 1 aliphatic rings. The van der Waals surface area contributed by atoms with Gasteiger partial charge in [0.05, 0.1) is 16.5 Å². The smallest absolute Gasteiger partial charge is 0.316 e. The Morgan fingerprint density at radius 1 is 1.56 bits per heavy atom. The predicted molar refractivity (Wildman–Crippen MR) is 61.6 cm³/mol. The molecule has 0 radical (unpaired) electrons. The number of benzene rings is 1. The molecule has 4 heteroatoms. The van der Waals surface area contributed by atoms with E-state index < -0.39 is 5.41 Å². The Morgan fingerprint density at radius 3 is 2.75 bits per heavy atom. The molecule has 0 aromatic heterocycles. The lowest BCUT2D eigenvalue weighted by Gasteiger charge is -2.14. The number of esters is 1. The van der Waals surface area contributed by atoms with Crippen LogP contribution in [0.2, 0.25) is 0 Å². The van der Waals surface area contributed by atoms with E-state index in [4.69, 9.17) is 4.74 Å². The Kier molecular flexibility index (Phi) is 3.02. The molecule has 0 heterocycles. The van der Waals surface area contributed by atoms with Gasteiger partial charge in [0.25, 0.3) is 0 Å². The van der Waals surface area contributed by atoms with Gasteiger partial charge in [0, 0.05) is 0 Å². The molecule has 2 nitrogen and oxygen atoms in total. The summed E-state index contributed by atoms with van der Waals surface area (Å²) in [6.45, 7) is 2.13. The summed E-state index contributed by atoms with van der Waals surface area (Å²) in [5.41, 5.74) is 0.129. The van der Waals surface area contributed by atoms with Gasteiger partial charge in [-0.15, -0.1) is 0 Å². The van der Waals surface area contributed by atoms with Crippen LogP contribution in [0.1, 0.15) is 25.3 Å². The van der Waals surface area contributed by atoms with Gasteiger partial charge in [-0.3, -0.25) is 4.79 Å². The van der Waals surface area contributed by atoms with Crippen molar-refractivity contribution in [2.45, 2.75) is 25.2 Å². The van der Waals surface area contributed by atoms with Crippen LogP contribution in [0, 0.1) is 5.82 Å². The number of carbonyl (C=O) groups excluding carboxylic acids is 1. The van der Waals surface area contributed by atoms with E-state index in [2.05, 4.69) is 15.9 Å². The molecule has 1 aliphatic carbocycles. The van der Waals surface area contributed by atoms with Crippen LogP contribution in [0.25, 0.3) is 0 Å². The van der Waals surface area contributed by atoms with Crippen molar-refractivity contribution in [3.05, 3.63) is 34.1 Å². The second kappa shape index (κ2) is 4.17. The number of carbonyl (C=O) groups is 1. The third kappa shape index (κ3) is 1.86. The maximum atomic E-state index is 13.4. The molecule has 1 fully saturated rings. The topological polar surface area (TPSA) is 26.3 Å². The fourth-order valence-corrected chi connectivity index (χ4v) is 2.05. The summed E-state index contributed by atoms with van der Waals surface area (Å²) in [6.07, 6.45) is 1.49. The number of ether oxygens (including phenoxy) is 1. The SMILES string of the molecule is CCOC(=O)C1(c2ccc(Br)c(F)c2)CC1. The van der Waals surface area contributed by atoms with Crippen molar-refractivity contribution >= 4 is 21.9 Å². The fraction of sp³-hybridized carbons (Fsp3) is 0.417. The van der Waals surface area contributed by atoms with E-state index in [1.165, 1.54) is 6.07 Å². The van der Waals surface area contributed by atoms with Gasteiger partial charge in [-0.25, -0.2) is 4.39 Å². The maximum absolute atomic E-state index is 13.4. The highest BCUT2D eigenvalue weighted by Gasteiger charge is 2.52. The van der Waals surface area contributed by atoms with Crippen LogP contribution in [-0.2, 0) is 14.9 Å². The lowest BCUT2D eigenvalue weighted by molar-refractivity contribution is -0.146. The summed E-state index contributed by atoms with van der Waals surface area (Å²) >= 11 is 3.09. The van der Waals surface area contributed by atoms with E-state index in [1.807, 2.05) is 0 Å². The van der Waals surface area contributed by atoms with E-state index in [-0.39, 0.29) is 11.8 Å². The first kappa shape index (κ1) is 11.6. The van der Waals surface area contributed by atoms with Crippen LogP contribution in [0.5, 0.6) is 0 Å². The van der Waals surface area contributed by atoms with Crippen molar-refractivity contribution in [2.75, 3.05) is 6.61 Å². The Bertz CT molecular complexity index is 427. The first-order valence-corrected chi connectivity index (χ1v) is 6.02. The molecule has 2 rings (SSSR count). The van der Waals surface area contributed by atoms with Gasteiger partial charge in [0.1, 0.15) is 5.82 Å². The molecule has 1 aromatic carbocycles. The standard InChI is InChI=1S/C12H12BrFO2/c1-2-16-11(15)12(5-6-12)8-3-4-9(13)10(14)7-8/h3-4,7H,2,5-6H2,1H3. The minimum atomic E-state index is -0.586. The van der Waals surface area contributed by atoms with Gasteiger partial charge in [0.15, 0.2) is 0 Å². The Morgan fingerprint density at radius 2 is 2.25 bits per heavy atom. The third-order valence-corrected chi connectivity index (χ3v) is 3.53. The third-order valence-electron chi connectivity index (χ3n) is 2.89. The van der Waals surface area contributed by atoms with Crippen molar-refractivity contribution in [1.29, 1.82) is 0 Å². The molecule has 16 heavy (non-hydrogen) atoms. The first-order valence-electron chi connectivity index (χ1n) is 5.23. The minimum Gasteiger partial charge on any atom is -0.465 e. The fourth-order valence-electron chi connectivity index (χ4n) is 1.80. The van der Waals surface area contributed by atoms with Crippen molar-refractivity contribution in [3.8, 4) is 0 Å². The zero-order chi connectivity index (χ0) is 11.8. The average molecular weight is 287 g/mol. The molecule has 86 valence electrons. The molecule has 0 atom stereocenters. The van der Waals surface area contributed by atoms with Crippen LogP contribution in [-0.4, -0.2) is 12.6 Å². The number of rotatable bonds is 3. The van der Waals surface area contributed by atoms with Crippen molar-refractivity contribution in [3.63, 3.8) is 0 Å². The van der Waals surface area contributed by atoms with Gasteiger partial charge in [-0.05, 0) is 53.4 Å². The molecule has 0 spiro atoms. The molecule has 0 saturated heterocycles. The van der Waals surface area contributed by atoms with E-state index in [0.29, 0.717) is 16.6 Å². The molecule has 1 saturated carbocycles. The second-order valence-electron chi connectivity index (χ2n) is 3.93. The Labute approximate surface area is 102 Å². The Hall–Kier alpha value is -0.900. The normalized spacial score (nSPS) is 16.9. The predicted octanol–water partition coefficient (Wildman–Crippen LogP) is 3.18. The summed E-state index contributed by atoms with van der Waals surface area (Å²) in [5, 5.41) is 0. The maximum Gasteiger partial charge on any atom is 0.316 e. The van der Waals surface area contributed by atoms with E-state index in [1.54, 1.807) is 19.1 Å². The molecular formula is C12H12BrFO2. The summed E-state index contributed by atoms with van der Waals surface area (Å²) in [7, 11) is 0. The zero-order valence-corrected chi connectivity index (χ0v) is 10.5. The largest absolute Gasteiger partial charge is 0.465 e. The first-order chi connectivity index (χ1) is 7.60. The lowest BCUT2D eigenvalue weighted by atomic mass is 9.96. The van der Waals surface area contributed by atoms with Crippen LogP contribution < -0.4 is 0 Å². The minimum absolute atomic E-state index is 0.239. The quantitative estimate of drug-likeness (QED) is 0.798. The summed E-state index contributed by atoms with van der Waals surface area (Å²) < 4.78 is 18.8. The van der Waals surface area contributed by atoms with Gasteiger partial charge in [-0.2, -0.15) is 0 Å². The van der Waals surface area contributed by atoms with E-state index in [9.17, 15) is 9.18 Å². The summed E-state index contributed by atoms with van der Waals surface area (Å²) in [6, 6.07) is 4.81. The van der Waals surface area contributed by atoms with Gasteiger partial charge in [0.2, 0.25) is 0 Å². The van der Waals surface area contributed by atoms with Crippen LogP contribution in [0.4, 0.5) is 4.39 Å². The molecular weight excluding hydrogens is 275 g/mol. The highest BCUT2D eigenvalue weighted by molar-refractivity contribution is 9.10. The van der Waals surface area contributed by atoms with Crippen LogP contribution in [0.3, 0.4) is 0 Å². The average Bonchev–Trinajstić information content (AvgIpc) is 3.03. The van der Waals surface area contributed by atoms with E-state index in [0.717, 1.165) is 12.8 Å². The Balaban J connectivity index is 2.30. The monoisotopic (exact) mass is 286 g/mol. The molecule has 0 N–H and O–H groups in total. The van der Waals surface area contributed by atoms with Crippen molar-refractivity contribution in [2.24, 2.45) is 0 Å². The highest BCUT2D eigenvalue weighted by atomic mass is 79.9. The van der Waals surface area contributed by atoms with Crippen LogP contribution in [0.15, 0.2) is 22.7 Å². The molecule has 0 bridgehead atoms. The van der Waals surface area contributed by atoms with Crippen LogP contribution >= 0.6 is 15.9 Å². The lowest BCUT2D eigenvalue weighted by Crippen LogP contribution is -2.23. The number of hydrogen-bond donors (Lipinski definition) is 0. The molecule has 0 aliphatic heterocycles. The van der Waals surface area contributed by atoms with Crippen molar-refractivity contribution < 1.29 is 13.9 Å². The molecule has 1 aromatic rings. The van der Waals surface area contributed by atoms with Gasteiger partial charge < -0.3 is 4.74 Å². The van der Waals surface area contributed by atoms with E-state index >= 15 is 0 Å². The van der Waals surface area contributed by atoms with Gasteiger partial charge in [-0.1, -0.05) is 6.07 Å². The zero-order valence-electron chi connectivity index (χ0n) is 8.93. The molecule has 0 unspecified atom stereocenters. The summed E-state index contributed by atoms with van der Waals surface area (Å²) in [4.78, 5) is 11.8. The number of halogens is 2. The van der Waals surface area contributed by atoms with Gasteiger partial charge >= 0.3 is 5.97 Å². The number of hydrogen-bond acceptors (Lipinski definition) is 2. The van der Waals surface area contributed by atoms with Crippen molar-refractivity contribution in [1.82, 2.24) is 0 Å². The second-order valence-corrected chi connectivity index (χ2v) is 4.79. The highest BCUT2D eigenvalue weighted by Crippen LogP contribution is 2.49. The molecule has 0 amide bonds. The summed E-state index contributed by atoms with van der Waals surface area (Å²) in [5.74, 6) is -0.579.